The molecule has 5 nitrogen and oxygen atoms in total. The van der Waals surface area contributed by atoms with E-state index < -0.39 is 0 Å². The van der Waals surface area contributed by atoms with Gasteiger partial charge in [-0.25, -0.2) is 5.01 Å². The van der Waals surface area contributed by atoms with Crippen LogP contribution in [-0.4, -0.2) is 27.6 Å². The Kier molecular flexibility index (Phi) is 6.27. The Hall–Kier alpha value is -2.09. The lowest BCUT2D eigenvalue weighted by atomic mass is 9.98. The number of hydrazine groups is 1. The van der Waals surface area contributed by atoms with Crippen LogP contribution in [0.15, 0.2) is 48.1 Å². The number of thiocarbonyl (C=S) groups is 1. The van der Waals surface area contributed by atoms with Crippen molar-refractivity contribution in [3.63, 3.8) is 0 Å². The van der Waals surface area contributed by atoms with Gasteiger partial charge in [0.2, 0.25) is 5.91 Å². The maximum Gasteiger partial charge on any atom is 0.250 e. The van der Waals surface area contributed by atoms with Crippen molar-refractivity contribution in [3.8, 4) is 0 Å². The van der Waals surface area contributed by atoms with Gasteiger partial charge < -0.3 is 0 Å². The number of hydrogen-bond acceptors (Lipinski definition) is 5. The number of piperidine rings is 1. The predicted molar refractivity (Wildman–Crippen MR) is 105 cm³/mol. The summed E-state index contributed by atoms with van der Waals surface area (Å²) in [6.07, 6.45) is 10.2. The molecule has 7 heteroatoms. The van der Waals surface area contributed by atoms with Crippen molar-refractivity contribution in [1.29, 1.82) is 0 Å². The van der Waals surface area contributed by atoms with E-state index in [0.717, 1.165) is 29.8 Å². The van der Waals surface area contributed by atoms with Crippen molar-refractivity contribution in [1.82, 2.24) is 20.7 Å². The molecule has 0 aliphatic carbocycles. The highest BCUT2D eigenvalue weighted by molar-refractivity contribution is 7.80. The van der Waals surface area contributed by atoms with Crippen LogP contribution >= 0.6 is 23.6 Å². The third-order valence-corrected chi connectivity index (χ3v) is 5.03. The van der Waals surface area contributed by atoms with Crippen LogP contribution in [-0.2, 0) is 4.79 Å². The molecule has 2 aromatic rings. The van der Waals surface area contributed by atoms with Gasteiger partial charge in [-0.1, -0.05) is 18.6 Å². The molecule has 2 N–H and O–H groups in total. The minimum Gasteiger partial charge on any atom is -0.298 e. The van der Waals surface area contributed by atoms with Crippen molar-refractivity contribution in [3.05, 3.63) is 58.6 Å². The average Bonchev–Trinajstić information content (AvgIpc) is 3.15. The lowest BCUT2D eigenvalue weighted by Crippen LogP contribution is -2.51. The summed E-state index contributed by atoms with van der Waals surface area (Å²) in [4.78, 5) is 17.2. The normalized spacial score (nSPS) is 18.2. The molecular weight excluding hydrogens is 352 g/mol. The first kappa shape index (κ1) is 17.7. The third kappa shape index (κ3) is 5.19. The fourth-order valence-electron chi connectivity index (χ4n) is 2.84. The van der Waals surface area contributed by atoms with E-state index in [9.17, 15) is 4.79 Å². The van der Waals surface area contributed by atoms with E-state index in [4.69, 9.17) is 12.2 Å². The Bertz CT molecular complexity index is 731. The minimum atomic E-state index is -0.235. The van der Waals surface area contributed by atoms with Gasteiger partial charge in [-0.05, 0) is 54.2 Å². The molecule has 0 spiro atoms. The van der Waals surface area contributed by atoms with E-state index >= 15 is 0 Å². The maximum atomic E-state index is 12.0. The molecule has 0 bridgehead atoms. The van der Waals surface area contributed by atoms with Gasteiger partial charge in [0.15, 0.2) is 5.11 Å². The number of rotatable bonds is 4. The molecule has 1 aliphatic rings. The molecule has 0 unspecified atom stereocenters. The van der Waals surface area contributed by atoms with Crippen LogP contribution in [0, 0.1) is 0 Å². The lowest BCUT2D eigenvalue weighted by Gasteiger charge is -2.36. The summed E-state index contributed by atoms with van der Waals surface area (Å²) in [6.45, 7) is 0.876. The summed E-state index contributed by atoms with van der Waals surface area (Å²) >= 11 is 6.88. The highest BCUT2D eigenvalue weighted by Gasteiger charge is 2.24. The lowest BCUT2D eigenvalue weighted by molar-refractivity contribution is -0.115. The molecule has 1 atom stereocenters. The van der Waals surface area contributed by atoms with Crippen LogP contribution in [0.1, 0.15) is 35.7 Å². The van der Waals surface area contributed by atoms with Crippen molar-refractivity contribution in [2.75, 3.05) is 6.54 Å². The number of carbonyl (C=O) groups excluding carboxylic acids is 1. The van der Waals surface area contributed by atoms with E-state index in [0.29, 0.717) is 5.11 Å². The molecule has 3 heterocycles. The fraction of sp³-hybridized carbons (Fsp3) is 0.278. The summed E-state index contributed by atoms with van der Waals surface area (Å²) in [5, 5.41) is 7.08. The highest BCUT2D eigenvalue weighted by Crippen LogP contribution is 2.28. The van der Waals surface area contributed by atoms with Crippen LogP contribution in [0.25, 0.3) is 6.08 Å². The molecule has 3 rings (SSSR count). The van der Waals surface area contributed by atoms with Gasteiger partial charge in [-0.15, -0.1) is 11.3 Å². The molecule has 0 saturated carbocycles. The molecule has 1 fully saturated rings. The van der Waals surface area contributed by atoms with E-state index in [2.05, 4.69) is 26.8 Å². The summed E-state index contributed by atoms with van der Waals surface area (Å²) in [7, 11) is 0. The predicted octanol–water partition coefficient (Wildman–Crippen LogP) is 3.29. The smallest absolute Gasteiger partial charge is 0.250 e. The van der Waals surface area contributed by atoms with E-state index in [1.165, 1.54) is 12.5 Å². The van der Waals surface area contributed by atoms with Gasteiger partial charge in [0.25, 0.3) is 0 Å². The quantitative estimate of drug-likeness (QED) is 0.637. The summed E-state index contributed by atoms with van der Waals surface area (Å²) in [5.74, 6) is -0.235. The molecule has 1 amide bonds. The van der Waals surface area contributed by atoms with Gasteiger partial charge in [0, 0.05) is 29.9 Å². The Morgan fingerprint density at radius 1 is 1.36 bits per heavy atom. The zero-order valence-corrected chi connectivity index (χ0v) is 15.4. The van der Waals surface area contributed by atoms with Crippen LogP contribution < -0.4 is 10.7 Å². The number of amides is 1. The Morgan fingerprint density at radius 3 is 3.04 bits per heavy atom. The fourth-order valence-corrected chi connectivity index (χ4v) is 3.68. The van der Waals surface area contributed by atoms with E-state index in [1.807, 2.05) is 29.8 Å². The molecule has 1 saturated heterocycles. The monoisotopic (exact) mass is 372 g/mol. The second-order valence-electron chi connectivity index (χ2n) is 5.77. The van der Waals surface area contributed by atoms with Gasteiger partial charge in [0.1, 0.15) is 0 Å². The van der Waals surface area contributed by atoms with Crippen molar-refractivity contribution in [2.24, 2.45) is 0 Å². The van der Waals surface area contributed by atoms with Crippen molar-refractivity contribution >= 4 is 40.7 Å². The molecule has 0 aromatic carbocycles. The number of thiophene rings is 1. The van der Waals surface area contributed by atoms with Crippen LogP contribution in [0.2, 0.25) is 0 Å². The number of pyridine rings is 1. The van der Waals surface area contributed by atoms with Gasteiger partial charge in [0.05, 0.1) is 6.04 Å². The number of nitrogens with zero attached hydrogens (tertiary/aromatic N) is 2. The van der Waals surface area contributed by atoms with Gasteiger partial charge >= 0.3 is 0 Å². The first-order valence-corrected chi connectivity index (χ1v) is 9.51. The van der Waals surface area contributed by atoms with Gasteiger partial charge in [-0.3, -0.25) is 20.5 Å². The largest absolute Gasteiger partial charge is 0.298 e. The molecule has 2 aromatic heterocycles. The highest BCUT2D eigenvalue weighted by atomic mass is 32.1. The second-order valence-corrected chi connectivity index (χ2v) is 7.16. The number of carbonyl (C=O) groups is 1. The second kappa shape index (κ2) is 8.84. The Balaban J connectivity index is 1.56. The topological polar surface area (TPSA) is 57.3 Å². The first-order chi connectivity index (χ1) is 12.2. The minimum absolute atomic E-state index is 0.207. The van der Waals surface area contributed by atoms with Crippen molar-refractivity contribution in [2.45, 2.75) is 25.3 Å². The average molecular weight is 373 g/mol. The van der Waals surface area contributed by atoms with Crippen molar-refractivity contribution < 1.29 is 4.79 Å². The zero-order chi connectivity index (χ0) is 17.5. The number of nitrogens with one attached hydrogen (secondary N) is 2. The molecule has 0 radical (unpaired) electrons. The van der Waals surface area contributed by atoms with E-state index in [-0.39, 0.29) is 11.9 Å². The number of hydrogen-bond donors (Lipinski definition) is 2. The van der Waals surface area contributed by atoms with Crippen LogP contribution in [0.5, 0.6) is 0 Å². The van der Waals surface area contributed by atoms with E-state index in [1.54, 1.807) is 23.6 Å². The Labute approximate surface area is 156 Å². The van der Waals surface area contributed by atoms with Gasteiger partial charge in [-0.2, -0.15) is 0 Å². The molecule has 130 valence electrons. The molecular formula is C18H20N4OS2. The third-order valence-electron chi connectivity index (χ3n) is 4.00. The summed E-state index contributed by atoms with van der Waals surface area (Å²) in [6, 6.07) is 8.13. The molecule has 25 heavy (non-hydrogen) atoms. The van der Waals surface area contributed by atoms with Crippen LogP contribution in [0.3, 0.4) is 0 Å². The standard InChI is InChI=1S/C18H20N4OS2/c23-17(9-8-15-6-4-12-25-15)20-18(24)21-22-11-2-1-7-16(22)14-5-3-10-19-13-14/h3-6,8-10,12-13,16H,1-2,7,11H2,(H2,20,21,23,24)/b9-8+/t16-/m1/s1. The van der Waals surface area contributed by atoms with Crippen LogP contribution in [0.4, 0.5) is 0 Å². The SMILES string of the molecule is O=C(/C=C/c1cccs1)NC(=S)NN1CCCC[C@@H]1c1cccnc1. The maximum absolute atomic E-state index is 12.0. The molecule has 1 aliphatic heterocycles. The summed E-state index contributed by atoms with van der Waals surface area (Å²) in [5.41, 5.74) is 4.32. The Morgan fingerprint density at radius 2 is 2.28 bits per heavy atom. The zero-order valence-electron chi connectivity index (χ0n) is 13.7. The first-order valence-electron chi connectivity index (χ1n) is 8.22. The number of aromatic nitrogens is 1. The summed E-state index contributed by atoms with van der Waals surface area (Å²) < 4.78 is 0.